The van der Waals surface area contributed by atoms with Crippen LogP contribution in [0.2, 0.25) is 0 Å². The number of nitrogens with zero attached hydrogens (tertiary/aromatic N) is 6. The van der Waals surface area contributed by atoms with Crippen LogP contribution in [-0.4, -0.2) is 63.4 Å². The van der Waals surface area contributed by atoms with E-state index < -0.39 is 0 Å². The molecule has 35 heavy (non-hydrogen) atoms. The molecule has 0 aromatic carbocycles. The van der Waals surface area contributed by atoms with Crippen molar-refractivity contribution in [3.05, 3.63) is 58.9 Å². The van der Waals surface area contributed by atoms with Gasteiger partial charge in [-0.1, -0.05) is 0 Å². The molecular formula is C23H26N10O2. The number of carbonyl (C=O) groups is 1. The van der Waals surface area contributed by atoms with Crippen molar-refractivity contribution in [1.29, 1.82) is 5.26 Å². The number of rotatable bonds is 8. The van der Waals surface area contributed by atoms with E-state index in [1.807, 2.05) is 19.9 Å². The van der Waals surface area contributed by atoms with Gasteiger partial charge in [0.25, 0.3) is 5.91 Å². The molecular weight excluding hydrogens is 448 g/mol. The molecule has 1 aliphatic heterocycles. The third-order valence-electron chi connectivity index (χ3n) is 5.47. The zero-order valence-electron chi connectivity index (χ0n) is 19.5. The molecule has 180 valence electrons. The summed E-state index contributed by atoms with van der Waals surface area (Å²) >= 11 is 0. The Morgan fingerprint density at radius 2 is 2.00 bits per heavy atom. The number of anilines is 3. The lowest BCUT2D eigenvalue weighted by atomic mass is 10.1. The van der Waals surface area contributed by atoms with Crippen molar-refractivity contribution in [3.63, 3.8) is 0 Å². The first-order valence-corrected chi connectivity index (χ1v) is 11.1. The van der Waals surface area contributed by atoms with Gasteiger partial charge in [-0.2, -0.15) is 5.26 Å². The van der Waals surface area contributed by atoms with E-state index >= 15 is 0 Å². The number of morpholine rings is 1. The van der Waals surface area contributed by atoms with E-state index in [-0.39, 0.29) is 23.4 Å². The molecule has 0 spiro atoms. The Bertz CT molecular complexity index is 1200. The second kappa shape index (κ2) is 11.3. The summed E-state index contributed by atoms with van der Waals surface area (Å²) in [6.45, 7) is 6.89. The van der Waals surface area contributed by atoms with Crippen molar-refractivity contribution in [2.75, 3.05) is 36.9 Å². The summed E-state index contributed by atoms with van der Waals surface area (Å²) in [4.78, 5) is 25.4. The lowest BCUT2D eigenvalue weighted by Crippen LogP contribution is -2.42. The third kappa shape index (κ3) is 6.23. The van der Waals surface area contributed by atoms with Gasteiger partial charge in [0.15, 0.2) is 17.2 Å². The maximum absolute atomic E-state index is 13.1. The summed E-state index contributed by atoms with van der Waals surface area (Å²) in [6, 6.07) is 3.60. The van der Waals surface area contributed by atoms with Crippen molar-refractivity contribution < 1.29 is 9.53 Å². The molecule has 1 saturated heterocycles. The Morgan fingerprint density at radius 3 is 2.69 bits per heavy atom. The van der Waals surface area contributed by atoms with Gasteiger partial charge in [-0.05, 0) is 30.5 Å². The van der Waals surface area contributed by atoms with Gasteiger partial charge in [-0.3, -0.25) is 9.78 Å². The summed E-state index contributed by atoms with van der Waals surface area (Å²) < 4.78 is 5.75. The predicted octanol–water partition coefficient (Wildman–Crippen LogP) is 1.22. The molecule has 1 unspecified atom stereocenters. The smallest absolute Gasteiger partial charge is 0.274 e. The predicted molar refractivity (Wildman–Crippen MR) is 128 cm³/mol. The van der Waals surface area contributed by atoms with Crippen LogP contribution in [0.1, 0.15) is 32.9 Å². The zero-order valence-corrected chi connectivity index (χ0v) is 19.5. The highest BCUT2D eigenvalue weighted by molar-refractivity contribution is 5.97. The lowest BCUT2D eigenvalue weighted by molar-refractivity contribution is 0.0372. The van der Waals surface area contributed by atoms with Gasteiger partial charge in [-0.15, -0.1) is 10.2 Å². The minimum Gasteiger partial charge on any atom is -0.380 e. The fourth-order valence-electron chi connectivity index (χ4n) is 3.57. The van der Waals surface area contributed by atoms with Gasteiger partial charge in [0.05, 0.1) is 30.8 Å². The van der Waals surface area contributed by atoms with E-state index in [4.69, 9.17) is 10.00 Å². The quantitative estimate of drug-likeness (QED) is 0.371. The summed E-state index contributed by atoms with van der Waals surface area (Å²) in [5.74, 6) is 0.402. The first kappa shape index (κ1) is 23.9. The van der Waals surface area contributed by atoms with E-state index in [0.29, 0.717) is 43.6 Å². The molecule has 1 aliphatic rings. The molecule has 0 saturated carbocycles. The van der Waals surface area contributed by atoms with Crippen molar-refractivity contribution >= 4 is 23.2 Å². The average molecular weight is 475 g/mol. The van der Waals surface area contributed by atoms with Gasteiger partial charge in [-0.25, -0.2) is 9.97 Å². The van der Waals surface area contributed by atoms with E-state index in [1.54, 1.807) is 18.5 Å². The number of aromatic nitrogens is 5. The largest absolute Gasteiger partial charge is 0.380 e. The van der Waals surface area contributed by atoms with Crippen molar-refractivity contribution in [3.8, 4) is 6.07 Å². The third-order valence-corrected chi connectivity index (χ3v) is 5.47. The second-order valence-electron chi connectivity index (χ2n) is 8.03. The van der Waals surface area contributed by atoms with Crippen LogP contribution in [0.3, 0.4) is 0 Å². The molecule has 3 aromatic rings. The maximum Gasteiger partial charge on any atom is 0.274 e. The molecule has 0 radical (unpaired) electrons. The van der Waals surface area contributed by atoms with Crippen LogP contribution in [0.4, 0.5) is 17.3 Å². The van der Waals surface area contributed by atoms with E-state index in [2.05, 4.69) is 46.4 Å². The minimum atomic E-state index is -0.358. The fourth-order valence-corrected chi connectivity index (χ4v) is 3.57. The Hall–Kier alpha value is -4.21. The maximum atomic E-state index is 13.1. The second-order valence-corrected chi connectivity index (χ2v) is 8.03. The minimum absolute atomic E-state index is 0.0456. The van der Waals surface area contributed by atoms with Crippen LogP contribution in [0.5, 0.6) is 0 Å². The van der Waals surface area contributed by atoms with Gasteiger partial charge in [0.2, 0.25) is 0 Å². The SMILES string of the molecule is Cc1cncc(C)c1CNC(=O)c1nnc(Nc2cnc(C#N)cn2)cc1NCC1CNCCO1. The summed E-state index contributed by atoms with van der Waals surface area (Å²) in [5, 5.41) is 29.7. The number of amides is 1. The molecule has 12 nitrogen and oxygen atoms in total. The molecule has 1 fully saturated rings. The molecule has 0 bridgehead atoms. The van der Waals surface area contributed by atoms with Gasteiger partial charge in [0.1, 0.15) is 11.9 Å². The van der Waals surface area contributed by atoms with Crippen LogP contribution < -0.4 is 21.3 Å². The number of pyridine rings is 1. The summed E-state index contributed by atoms with van der Waals surface area (Å²) in [7, 11) is 0. The molecule has 4 heterocycles. The number of carbonyl (C=O) groups excluding carboxylic acids is 1. The van der Waals surface area contributed by atoms with E-state index in [1.165, 1.54) is 12.4 Å². The standard InChI is InChI=1S/C23H26N10O2/c1-14-7-26-8-15(2)18(14)12-30-23(34)22-19(28-11-17-10-25-3-4-35-17)5-20(32-33-22)31-21-13-27-16(6-24)9-29-21/h5,7-9,13,17,25H,3-4,10-12H2,1-2H3,(H,30,34)(H2,28,29,31,32). The number of hydrogen-bond acceptors (Lipinski definition) is 11. The van der Waals surface area contributed by atoms with Crippen LogP contribution >= 0.6 is 0 Å². The van der Waals surface area contributed by atoms with E-state index in [0.717, 1.165) is 23.2 Å². The normalized spacial score (nSPS) is 15.2. The van der Waals surface area contributed by atoms with Crippen molar-refractivity contribution in [2.24, 2.45) is 0 Å². The Kier molecular flexibility index (Phi) is 7.71. The Morgan fingerprint density at radius 1 is 1.17 bits per heavy atom. The van der Waals surface area contributed by atoms with Crippen LogP contribution in [0.25, 0.3) is 0 Å². The lowest BCUT2D eigenvalue weighted by Gasteiger charge is -2.24. The van der Waals surface area contributed by atoms with Gasteiger partial charge >= 0.3 is 0 Å². The van der Waals surface area contributed by atoms with Crippen LogP contribution in [-0.2, 0) is 11.3 Å². The van der Waals surface area contributed by atoms with Crippen LogP contribution in [0, 0.1) is 25.2 Å². The molecule has 4 N–H and O–H groups in total. The monoisotopic (exact) mass is 474 g/mol. The van der Waals surface area contributed by atoms with Crippen LogP contribution in [0.15, 0.2) is 30.9 Å². The summed E-state index contributed by atoms with van der Waals surface area (Å²) in [5.41, 5.74) is 3.87. The molecule has 1 atom stereocenters. The fraction of sp³-hybridized carbons (Fsp3) is 0.348. The van der Waals surface area contributed by atoms with Crippen molar-refractivity contribution in [2.45, 2.75) is 26.5 Å². The molecule has 3 aromatic heterocycles. The highest BCUT2D eigenvalue weighted by atomic mass is 16.5. The number of hydrogen-bond donors (Lipinski definition) is 4. The number of nitriles is 1. The first-order valence-electron chi connectivity index (χ1n) is 11.1. The molecule has 12 heteroatoms. The number of ether oxygens (including phenoxy) is 1. The van der Waals surface area contributed by atoms with E-state index in [9.17, 15) is 4.79 Å². The summed E-state index contributed by atoms with van der Waals surface area (Å²) in [6.07, 6.45) is 6.27. The highest BCUT2D eigenvalue weighted by Gasteiger charge is 2.19. The first-order chi connectivity index (χ1) is 17.0. The highest BCUT2D eigenvalue weighted by Crippen LogP contribution is 2.20. The zero-order chi connectivity index (χ0) is 24.6. The topological polar surface area (TPSA) is 163 Å². The Labute approximate surface area is 202 Å². The van der Waals surface area contributed by atoms with Gasteiger partial charge in [0, 0.05) is 44.6 Å². The number of aryl methyl sites for hydroxylation is 2. The molecule has 1 amide bonds. The Balaban J connectivity index is 1.52. The molecule has 4 rings (SSSR count). The molecule has 0 aliphatic carbocycles. The number of nitrogens with one attached hydrogen (secondary N) is 4. The van der Waals surface area contributed by atoms with Crippen molar-refractivity contribution in [1.82, 2.24) is 35.8 Å². The average Bonchev–Trinajstić information content (AvgIpc) is 2.88. The van der Waals surface area contributed by atoms with Gasteiger partial charge < -0.3 is 26.0 Å².